The number of hydrogen-bond donors (Lipinski definition) is 1. The van der Waals surface area contributed by atoms with Gasteiger partial charge in [0, 0.05) is 12.6 Å². The number of aromatic carboxylic acids is 1. The van der Waals surface area contributed by atoms with Crippen LogP contribution in [-0.4, -0.2) is 20.9 Å². The predicted octanol–water partition coefficient (Wildman–Crippen LogP) is 2.86. The van der Waals surface area contributed by atoms with Crippen molar-refractivity contribution in [2.75, 3.05) is 0 Å². The van der Waals surface area contributed by atoms with Crippen molar-refractivity contribution in [1.29, 1.82) is 0 Å². The number of carboxylic acids is 1. The summed E-state index contributed by atoms with van der Waals surface area (Å²) >= 11 is 5.23. The molecule has 0 bridgehead atoms. The summed E-state index contributed by atoms with van der Waals surface area (Å²) in [5.74, 6) is -5.38. The van der Waals surface area contributed by atoms with Gasteiger partial charge in [0.05, 0.1) is 5.69 Å². The van der Waals surface area contributed by atoms with Crippen molar-refractivity contribution < 1.29 is 23.1 Å². The van der Waals surface area contributed by atoms with Gasteiger partial charge in [0.2, 0.25) is 0 Å². The Hall–Kier alpha value is -2.02. The number of aromatic nitrogens is 2. The molecule has 8 heteroatoms. The molecule has 0 aliphatic heterocycles. The van der Waals surface area contributed by atoms with Gasteiger partial charge in [-0.3, -0.25) is 4.68 Å². The maximum atomic E-state index is 13.7. The SMILES string of the molecule is Cn1nc(C(=O)O)cc1-c1cc(F)c(Cl)c(F)c1F. The van der Waals surface area contributed by atoms with Crippen molar-refractivity contribution in [3.8, 4) is 11.3 Å². The number of carbonyl (C=O) groups is 1. The standard InChI is InChI=1S/C11H6ClF3N2O2/c1-17-7(3-6(16-17)11(18)19)4-2-5(13)8(12)10(15)9(4)14/h2-3H,1H3,(H,18,19). The molecule has 19 heavy (non-hydrogen) atoms. The first kappa shape index (κ1) is 13.4. The van der Waals surface area contributed by atoms with Crippen molar-refractivity contribution in [2.45, 2.75) is 0 Å². The Balaban J connectivity index is 2.69. The topological polar surface area (TPSA) is 55.1 Å². The quantitative estimate of drug-likeness (QED) is 0.683. The van der Waals surface area contributed by atoms with E-state index in [0.717, 1.165) is 10.7 Å². The van der Waals surface area contributed by atoms with Crippen LogP contribution in [0.4, 0.5) is 13.2 Å². The molecule has 0 spiro atoms. The molecule has 1 N–H and O–H groups in total. The number of hydrogen-bond acceptors (Lipinski definition) is 2. The van der Waals surface area contributed by atoms with Gasteiger partial charge in [-0.05, 0) is 12.1 Å². The Bertz CT molecular complexity index is 685. The molecule has 100 valence electrons. The van der Waals surface area contributed by atoms with Crippen LogP contribution in [0.1, 0.15) is 10.5 Å². The highest BCUT2D eigenvalue weighted by Crippen LogP contribution is 2.31. The van der Waals surface area contributed by atoms with Crippen LogP contribution >= 0.6 is 11.6 Å². The van der Waals surface area contributed by atoms with Gasteiger partial charge in [0.1, 0.15) is 10.8 Å². The minimum Gasteiger partial charge on any atom is -0.476 e. The summed E-state index contributed by atoms with van der Waals surface area (Å²) in [6, 6.07) is 1.69. The van der Waals surface area contributed by atoms with Crippen LogP contribution in [0.25, 0.3) is 11.3 Å². The molecule has 1 heterocycles. The average Bonchev–Trinajstić information content (AvgIpc) is 2.73. The van der Waals surface area contributed by atoms with Crippen LogP contribution in [0, 0.1) is 17.5 Å². The van der Waals surface area contributed by atoms with E-state index in [1.54, 1.807) is 0 Å². The van der Waals surface area contributed by atoms with E-state index in [9.17, 15) is 18.0 Å². The summed E-state index contributed by atoms with van der Waals surface area (Å²) in [4.78, 5) is 10.7. The molecule has 0 atom stereocenters. The fourth-order valence-corrected chi connectivity index (χ4v) is 1.72. The van der Waals surface area contributed by atoms with E-state index in [1.807, 2.05) is 0 Å². The molecular weight excluding hydrogens is 285 g/mol. The maximum absolute atomic E-state index is 13.7. The number of halogens is 4. The van der Waals surface area contributed by atoms with Gasteiger partial charge in [-0.25, -0.2) is 18.0 Å². The van der Waals surface area contributed by atoms with Crippen molar-refractivity contribution in [3.63, 3.8) is 0 Å². The highest BCUT2D eigenvalue weighted by atomic mass is 35.5. The van der Waals surface area contributed by atoms with E-state index in [2.05, 4.69) is 5.10 Å². The van der Waals surface area contributed by atoms with Crippen molar-refractivity contribution >= 4 is 17.6 Å². The molecule has 0 radical (unpaired) electrons. The Morgan fingerprint density at radius 1 is 1.32 bits per heavy atom. The summed E-state index contributed by atoms with van der Waals surface area (Å²) in [6.45, 7) is 0. The molecular formula is C11H6ClF3N2O2. The summed E-state index contributed by atoms with van der Waals surface area (Å²) in [5, 5.41) is 11.4. The van der Waals surface area contributed by atoms with Crippen LogP contribution in [0.5, 0.6) is 0 Å². The van der Waals surface area contributed by atoms with Gasteiger partial charge in [0.15, 0.2) is 17.3 Å². The molecule has 1 aromatic heterocycles. The second kappa shape index (κ2) is 4.58. The summed E-state index contributed by atoms with van der Waals surface area (Å²) in [5.41, 5.74) is -0.904. The second-order valence-electron chi connectivity index (χ2n) is 3.69. The minimum absolute atomic E-state index is 0.0793. The monoisotopic (exact) mass is 290 g/mol. The van der Waals surface area contributed by atoms with Gasteiger partial charge >= 0.3 is 5.97 Å². The zero-order chi connectivity index (χ0) is 14.3. The molecule has 0 fully saturated rings. The number of benzene rings is 1. The Morgan fingerprint density at radius 3 is 2.47 bits per heavy atom. The molecule has 0 saturated carbocycles. The minimum atomic E-state index is -1.53. The van der Waals surface area contributed by atoms with E-state index in [0.29, 0.717) is 6.07 Å². The number of carboxylic acid groups (broad SMARTS) is 1. The Morgan fingerprint density at radius 2 is 1.95 bits per heavy atom. The van der Waals surface area contributed by atoms with Crippen LogP contribution in [0.3, 0.4) is 0 Å². The summed E-state index contributed by atoms with van der Waals surface area (Å²) in [6.07, 6.45) is 0. The van der Waals surface area contributed by atoms with Crippen molar-refractivity contribution in [2.24, 2.45) is 7.05 Å². The van der Waals surface area contributed by atoms with Crippen LogP contribution in [0.15, 0.2) is 12.1 Å². The Labute approximate surface area is 110 Å². The lowest BCUT2D eigenvalue weighted by atomic mass is 10.1. The molecule has 2 rings (SSSR count). The van der Waals surface area contributed by atoms with Gasteiger partial charge in [-0.2, -0.15) is 5.10 Å². The van der Waals surface area contributed by atoms with Crippen molar-refractivity contribution in [1.82, 2.24) is 9.78 Å². The third-order valence-electron chi connectivity index (χ3n) is 2.48. The summed E-state index contributed by atoms with van der Waals surface area (Å²) in [7, 11) is 1.33. The highest BCUT2D eigenvalue weighted by Gasteiger charge is 2.22. The van der Waals surface area contributed by atoms with Crippen molar-refractivity contribution in [3.05, 3.63) is 40.3 Å². The normalized spacial score (nSPS) is 10.8. The van der Waals surface area contributed by atoms with Gasteiger partial charge in [-0.1, -0.05) is 11.6 Å². The summed E-state index contributed by atoms with van der Waals surface area (Å²) < 4.78 is 41.4. The lowest BCUT2D eigenvalue weighted by Crippen LogP contribution is -2.01. The predicted molar refractivity (Wildman–Crippen MR) is 60.5 cm³/mol. The van der Waals surface area contributed by atoms with Gasteiger partial charge in [0.25, 0.3) is 0 Å². The molecule has 2 aromatic rings. The first-order valence-corrected chi connectivity index (χ1v) is 5.31. The molecule has 0 unspecified atom stereocenters. The molecule has 0 aliphatic rings. The van der Waals surface area contributed by atoms with E-state index in [4.69, 9.17) is 16.7 Å². The van der Waals surface area contributed by atoms with E-state index < -0.39 is 34.0 Å². The van der Waals surface area contributed by atoms with Gasteiger partial charge in [-0.15, -0.1) is 0 Å². The van der Waals surface area contributed by atoms with Gasteiger partial charge < -0.3 is 5.11 Å². The third kappa shape index (κ3) is 2.17. The van der Waals surface area contributed by atoms with E-state index in [1.165, 1.54) is 7.05 Å². The number of aryl methyl sites for hydroxylation is 1. The highest BCUT2D eigenvalue weighted by molar-refractivity contribution is 6.31. The largest absolute Gasteiger partial charge is 0.476 e. The molecule has 4 nitrogen and oxygen atoms in total. The number of nitrogens with zero attached hydrogens (tertiary/aromatic N) is 2. The van der Waals surface area contributed by atoms with E-state index >= 15 is 0 Å². The van der Waals surface area contributed by atoms with Crippen LogP contribution in [-0.2, 0) is 7.05 Å². The lowest BCUT2D eigenvalue weighted by Gasteiger charge is -2.06. The molecule has 0 amide bonds. The fraction of sp³-hybridized carbons (Fsp3) is 0.0909. The molecule has 0 saturated heterocycles. The first-order valence-electron chi connectivity index (χ1n) is 4.93. The zero-order valence-electron chi connectivity index (χ0n) is 9.42. The van der Waals surface area contributed by atoms with E-state index in [-0.39, 0.29) is 11.4 Å². The number of rotatable bonds is 2. The molecule has 1 aromatic carbocycles. The molecule has 0 aliphatic carbocycles. The van der Waals surface area contributed by atoms with Crippen LogP contribution < -0.4 is 0 Å². The fourth-order valence-electron chi connectivity index (χ4n) is 1.58. The zero-order valence-corrected chi connectivity index (χ0v) is 10.2. The lowest BCUT2D eigenvalue weighted by molar-refractivity contribution is 0.0689. The first-order chi connectivity index (χ1) is 8.82. The smallest absolute Gasteiger partial charge is 0.356 e. The maximum Gasteiger partial charge on any atom is 0.356 e. The second-order valence-corrected chi connectivity index (χ2v) is 4.07. The average molecular weight is 291 g/mol. The third-order valence-corrected chi connectivity index (χ3v) is 2.82. The Kier molecular flexibility index (Phi) is 3.23. The van der Waals surface area contributed by atoms with Crippen LogP contribution in [0.2, 0.25) is 5.02 Å².